The molecule has 3 aromatic heterocycles. The molecule has 5 rings (SSSR count). The largest absolute Gasteiger partial charge is 0.394 e. The Balaban J connectivity index is 0.000000173. The van der Waals surface area contributed by atoms with Crippen LogP contribution in [-0.2, 0) is 9.47 Å². The first-order valence-corrected chi connectivity index (χ1v) is 11.2. The molecular formula is C20H25FN10O6. The second-order valence-corrected chi connectivity index (χ2v) is 8.46. The number of aryl methyl sites for hydroxylation is 1. The van der Waals surface area contributed by atoms with Crippen LogP contribution in [0.4, 0.5) is 10.2 Å². The summed E-state index contributed by atoms with van der Waals surface area (Å²) in [6, 6.07) is -0.542. The van der Waals surface area contributed by atoms with Crippen LogP contribution in [0.5, 0.6) is 0 Å². The number of imidazole rings is 1. The van der Waals surface area contributed by atoms with Gasteiger partial charge in [0.1, 0.15) is 24.2 Å². The molecule has 0 aliphatic carbocycles. The standard InChI is InChI=1S/C10H12FN5O2.C10H13N5O4/c11-6-1-5(2-17)18-10(6)16-4-15-7-8(12)13-3-14-9(7)16;1-5-3-15(10(18)12-9(5)17)8-2-6(13-14-11)7(4-16)19-8/h3-6,10,17H,1-2H2,(H2,12,13,14);3,6-8,16H,2,4H2,1H3,(H,12,17,18)/t5-,6-,10+;6-,7+,8+/m00/s1. The molecule has 2 aliphatic rings. The number of anilines is 1. The molecule has 5 heterocycles. The van der Waals surface area contributed by atoms with Crippen LogP contribution in [0.25, 0.3) is 21.6 Å². The van der Waals surface area contributed by atoms with Gasteiger partial charge in [0.2, 0.25) is 0 Å². The summed E-state index contributed by atoms with van der Waals surface area (Å²) in [7, 11) is 0. The number of fused-ring (bicyclic) bond motifs is 1. The molecule has 0 bridgehead atoms. The number of H-pyrrole nitrogens is 1. The summed E-state index contributed by atoms with van der Waals surface area (Å²) in [5, 5.41) is 21.7. The van der Waals surface area contributed by atoms with Crippen LogP contribution >= 0.6 is 0 Å². The Morgan fingerprint density at radius 1 is 1.24 bits per heavy atom. The molecule has 0 unspecified atom stereocenters. The number of nitrogens with one attached hydrogen (secondary N) is 1. The number of hydrogen-bond donors (Lipinski definition) is 4. The van der Waals surface area contributed by atoms with Gasteiger partial charge in [0.25, 0.3) is 5.56 Å². The van der Waals surface area contributed by atoms with Crippen LogP contribution in [0, 0.1) is 6.92 Å². The number of aromatic amines is 1. The van der Waals surface area contributed by atoms with Crippen molar-refractivity contribution < 1.29 is 24.1 Å². The number of ether oxygens (including phenoxy) is 2. The number of aliphatic hydroxyl groups excluding tert-OH is 2. The van der Waals surface area contributed by atoms with E-state index in [1.54, 1.807) is 6.92 Å². The third kappa shape index (κ3) is 5.30. The van der Waals surface area contributed by atoms with Gasteiger partial charge >= 0.3 is 5.69 Å². The highest BCUT2D eigenvalue weighted by Gasteiger charge is 2.37. The van der Waals surface area contributed by atoms with Crippen molar-refractivity contribution in [3.8, 4) is 0 Å². The van der Waals surface area contributed by atoms with Gasteiger partial charge in [-0.05, 0) is 12.5 Å². The van der Waals surface area contributed by atoms with Gasteiger partial charge in [0, 0.05) is 29.5 Å². The smallest absolute Gasteiger partial charge is 0.330 e. The molecule has 5 N–H and O–H groups in total. The molecule has 0 aromatic carbocycles. The number of nitrogens with two attached hydrogens (primary N) is 1. The SMILES string of the molecule is Cc1cn([C@H]2C[C@H](N=[N+]=[N-])[C@@H](CO)O2)c(=O)[nH]c1=O.Nc1ncnc2c1ncn2[C@@H]1O[C@H](CO)C[C@@H]1F. The minimum atomic E-state index is -1.21. The van der Waals surface area contributed by atoms with Gasteiger partial charge in [0.15, 0.2) is 17.7 Å². The molecule has 0 amide bonds. The van der Waals surface area contributed by atoms with Crippen molar-refractivity contribution in [1.29, 1.82) is 0 Å². The number of nitrogens with zero attached hydrogens (tertiary/aromatic N) is 8. The molecule has 3 aromatic rings. The number of nitrogen functional groups attached to an aromatic ring is 1. The lowest BCUT2D eigenvalue weighted by Gasteiger charge is -2.15. The van der Waals surface area contributed by atoms with Crippen molar-refractivity contribution in [3.63, 3.8) is 0 Å². The lowest BCUT2D eigenvalue weighted by molar-refractivity contribution is -0.0351. The highest BCUT2D eigenvalue weighted by Crippen LogP contribution is 2.33. The van der Waals surface area contributed by atoms with E-state index in [9.17, 15) is 14.0 Å². The second-order valence-electron chi connectivity index (χ2n) is 8.46. The van der Waals surface area contributed by atoms with Crippen molar-refractivity contribution in [2.75, 3.05) is 18.9 Å². The first-order chi connectivity index (χ1) is 17.8. The van der Waals surface area contributed by atoms with Gasteiger partial charge < -0.3 is 25.4 Å². The highest BCUT2D eigenvalue weighted by molar-refractivity contribution is 5.81. The first kappa shape index (κ1) is 26.2. The summed E-state index contributed by atoms with van der Waals surface area (Å²) in [6.45, 7) is 1.05. The Kier molecular flexibility index (Phi) is 7.80. The van der Waals surface area contributed by atoms with E-state index in [0.717, 1.165) is 0 Å². The molecule has 37 heavy (non-hydrogen) atoms. The van der Waals surface area contributed by atoms with Crippen molar-refractivity contribution in [3.05, 3.63) is 55.7 Å². The predicted molar refractivity (Wildman–Crippen MR) is 125 cm³/mol. The molecule has 2 aliphatic heterocycles. The Labute approximate surface area is 207 Å². The number of alkyl halides is 1. The summed E-state index contributed by atoms with van der Waals surface area (Å²) in [6.07, 6.45) is 0.657. The molecule has 2 fully saturated rings. The van der Waals surface area contributed by atoms with Crippen LogP contribution in [0.1, 0.15) is 30.9 Å². The van der Waals surface area contributed by atoms with Crippen molar-refractivity contribution in [1.82, 2.24) is 29.1 Å². The number of rotatable bonds is 5. The van der Waals surface area contributed by atoms with Gasteiger partial charge in [-0.25, -0.2) is 24.1 Å². The monoisotopic (exact) mass is 520 g/mol. The summed E-state index contributed by atoms with van der Waals surface area (Å²) in [5.41, 5.74) is 14.3. The normalized spacial score (nSPS) is 27.0. The zero-order valence-electron chi connectivity index (χ0n) is 19.6. The summed E-state index contributed by atoms with van der Waals surface area (Å²) in [5.74, 6) is 0.242. The number of aliphatic hydroxyl groups is 2. The molecule has 6 atom stereocenters. The van der Waals surface area contributed by atoms with E-state index in [1.165, 1.54) is 28.0 Å². The van der Waals surface area contributed by atoms with Gasteiger partial charge in [-0.3, -0.25) is 18.9 Å². The number of azide groups is 1. The molecule has 0 radical (unpaired) electrons. The van der Waals surface area contributed by atoms with Crippen LogP contribution in [0.2, 0.25) is 0 Å². The maximum absolute atomic E-state index is 13.9. The third-order valence-electron chi connectivity index (χ3n) is 6.03. The Bertz CT molecular complexity index is 1420. The zero-order valence-corrected chi connectivity index (χ0v) is 19.6. The molecule has 17 heteroatoms. The van der Waals surface area contributed by atoms with E-state index in [0.29, 0.717) is 16.7 Å². The lowest BCUT2D eigenvalue weighted by Crippen LogP contribution is -2.33. The van der Waals surface area contributed by atoms with E-state index < -0.39 is 48.1 Å². The van der Waals surface area contributed by atoms with E-state index in [1.807, 2.05) is 0 Å². The van der Waals surface area contributed by atoms with Crippen molar-refractivity contribution in [2.45, 2.75) is 56.6 Å². The fourth-order valence-electron chi connectivity index (χ4n) is 4.16. The van der Waals surface area contributed by atoms with Crippen LogP contribution < -0.4 is 17.0 Å². The van der Waals surface area contributed by atoms with Gasteiger partial charge in [0.05, 0.1) is 37.8 Å². The number of aromatic nitrogens is 6. The van der Waals surface area contributed by atoms with E-state index in [4.69, 9.17) is 31.0 Å². The van der Waals surface area contributed by atoms with E-state index in [-0.39, 0.29) is 31.9 Å². The van der Waals surface area contributed by atoms with Gasteiger partial charge in [-0.2, -0.15) is 0 Å². The highest BCUT2D eigenvalue weighted by atomic mass is 19.1. The second kappa shape index (κ2) is 11.0. The molecule has 0 saturated carbocycles. The molecule has 198 valence electrons. The van der Waals surface area contributed by atoms with Crippen LogP contribution in [0.15, 0.2) is 33.6 Å². The fourth-order valence-corrected chi connectivity index (χ4v) is 4.16. The van der Waals surface area contributed by atoms with E-state index in [2.05, 4.69) is 30.0 Å². The van der Waals surface area contributed by atoms with Crippen molar-refractivity contribution in [2.24, 2.45) is 5.11 Å². The number of halogens is 1. The lowest BCUT2D eigenvalue weighted by atomic mass is 10.1. The Morgan fingerprint density at radius 2 is 2.03 bits per heavy atom. The summed E-state index contributed by atoms with van der Waals surface area (Å²) < 4.78 is 27.4. The summed E-state index contributed by atoms with van der Waals surface area (Å²) in [4.78, 5) is 39.7. The minimum Gasteiger partial charge on any atom is -0.394 e. The molecule has 16 nitrogen and oxygen atoms in total. The summed E-state index contributed by atoms with van der Waals surface area (Å²) >= 11 is 0. The predicted octanol–water partition coefficient (Wildman–Crippen LogP) is -0.170. The van der Waals surface area contributed by atoms with Crippen LogP contribution in [0.3, 0.4) is 0 Å². The van der Waals surface area contributed by atoms with E-state index >= 15 is 0 Å². The number of hydrogen-bond acceptors (Lipinski definition) is 11. The minimum absolute atomic E-state index is 0.154. The van der Waals surface area contributed by atoms with Gasteiger partial charge in [-0.15, -0.1) is 0 Å². The molecule has 2 saturated heterocycles. The first-order valence-electron chi connectivity index (χ1n) is 11.2. The topological polar surface area (TPSA) is 232 Å². The third-order valence-corrected chi connectivity index (χ3v) is 6.03. The average molecular weight is 520 g/mol. The average Bonchev–Trinajstić information content (AvgIpc) is 3.59. The Morgan fingerprint density at radius 3 is 2.70 bits per heavy atom. The van der Waals surface area contributed by atoms with Gasteiger partial charge in [-0.1, -0.05) is 5.11 Å². The maximum atomic E-state index is 13.9. The van der Waals surface area contributed by atoms with Crippen LogP contribution in [-0.4, -0.2) is 76.9 Å². The quantitative estimate of drug-likeness (QED) is 0.197. The molecule has 0 spiro atoms. The molecular weight excluding hydrogens is 495 g/mol. The zero-order chi connectivity index (χ0) is 26.7. The fraction of sp³-hybridized carbons (Fsp3) is 0.550. The maximum Gasteiger partial charge on any atom is 0.330 e. The van der Waals surface area contributed by atoms with Crippen molar-refractivity contribution >= 4 is 17.0 Å². The Hall–Kier alpha value is -3.89.